The van der Waals surface area contributed by atoms with E-state index in [1.165, 1.54) is 31.5 Å². The third kappa shape index (κ3) is 2.66. The number of hydrogen-bond donors (Lipinski definition) is 2. The molecule has 0 spiro atoms. The maximum absolute atomic E-state index is 13.5. The van der Waals surface area contributed by atoms with Crippen LogP contribution in [0, 0.1) is 11.6 Å². The first-order valence-electron chi connectivity index (χ1n) is 5.57. The summed E-state index contributed by atoms with van der Waals surface area (Å²) in [7, 11) is 1.21. The van der Waals surface area contributed by atoms with E-state index in [1.54, 1.807) is 0 Å². The van der Waals surface area contributed by atoms with Crippen molar-refractivity contribution in [2.24, 2.45) is 0 Å². The molecular formula is C13H11F2N3O2. The highest BCUT2D eigenvalue weighted by Gasteiger charge is 2.13. The zero-order valence-electron chi connectivity index (χ0n) is 10.5. The van der Waals surface area contributed by atoms with Crippen LogP contribution >= 0.6 is 0 Å². The number of pyridine rings is 1. The van der Waals surface area contributed by atoms with E-state index in [1.807, 2.05) is 0 Å². The number of aromatic nitrogens is 1. The maximum Gasteiger partial charge on any atom is 0.340 e. The lowest BCUT2D eigenvalue weighted by molar-refractivity contribution is 0.0602. The molecule has 0 saturated carbocycles. The Labute approximate surface area is 113 Å². The molecule has 0 bridgehead atoms. The van der Waals surface area contributed by atoms with Gasteiger partial charge in [-0.3, -0.25) is 0 Å². The molecule has 1 aromatic heterocycles. The van der Waals surface area contributed by atoms with Gasteiger partial charge in [-0.1, -0.05) is 6.07 Å². The number of nitrogens with two attached hydrogens (primary N) is 1. The van der Waals surface area contributed by atoms with Gasteiger partial charge in [0.25, 0.3) is 0 Å². The van der Waals surface area contributed by atoms with Crippen molar-refractivity contribution in [2.75, 3.05) is 18.2 Å². The number of benzene rings is 1. The van der Waals surface area contributed by atoms with Crippen LogP contribution in [0.3, 0.4) is 0 Å². The summed E-state index contributed by atoms with van der Waals surface area (Å²) >= 11 is 0. The van der Waals surface area contributed by atoms with E-state index in [0.717, 1.165) is 6.07 Å². The van der Waals surface area contributed by atoms with E-state index in [-0.39, 0.29) is 22.8 Å². The Hall–Kier alpha value is -2.70. The largest absolute Gasteiger partial charge is 0.465 e. The highest BCUT2D eigenvalue weighted by Crippen LogP contribution is 2.23. The molecule has 3 N–H and O–H groups in total. The highest BCUT2D eigenvalue weighted by atomic mass is 19.2. The number of carbonyl (C=O) groups excluding carboxylic acids is 1. The Bertz CT molecular complexity index is 662. The van der Waals surface area contributed by atoms with Crippen molar-refractivity contribution in [3.8, 4) is 0 Å². The molecule has 2 rings (SSSR count). The second-order valence-corrected chi connectivity index (χ2v) is 3.87. The summed E-state index contributed by atoms with van der Waals surface area (Å²) < 4.78 is 31.1. The number of anilines is 3. The summed E-state index contributed by atoms with van der Waals surface area (Å²) in [6, 6.07) is 4.98. The van der Waals surface area contributed by atoms with Crippen LogP contribution in [0.15, 0.2) is 30.5 Å². The third-order valence-electron chi connectivity index (χ3n) is 2.55. The minimum Gasteiger partial charge on any atom is -0.465 e. The van der Waals surface area contributed by atoms with Crippen molar-refractivity contribution >= 4 is 23.2 Å². The second kappa shape index (κ2) is 5.52. The quantitative estimate of drug-likeness (QED) is 0.844. The number of methoxy groups -OCH3 is 1. The number of hydrogen-bond acceptors (Lipinski definition) is 5. The molecule has 0 aliphatic rings. The lowest BCUT2D eigenvalue weighted by Crippen LogP contribution is -2.08. The number of nitrogens with zero attached hydrogens (tertiary/aromatic N) is 1. The molecule has 0 fully saturated rings. The molecule has 1 aromatic carbocycles. The molecule has 1 heterocycles. The number of halogens is 2. The van der Waals surface area contributed by atoms with Gasteiger partial charge in [0.1, 0.15) is 5.82 Å². The summed E-state index contributed by atoms with van der Waals surface area (Å²) in [5.41, 5.74) is 5.70. The van der Waals surface area contributed by atoms with Crippen molar-refractivity contribution in [1.82, 2.24) is 4.98 Å². The van der Waals surface area contributed by atoms with Crippen molar-refractivity contribution in [3.05, 3.63) is 47.7 Å². The fourth-order valence-electron chi connectivity index (χ4n) is 1.56. The van der Waals surface area contributed by atoms with E-state index in [9.17, 15) is 13.6 Å². The van der Waals surface area contributed by atoms with Crippen molar-refractivity contribution in [2.45, 2.75) is 0 Å². The summed E-state index contributed by atoms with van der Waals surface area (Å²) in [5, 5.41) is 2.57. The average Bonchev–Trinajstić information content (AvgIpc) is 2.45. The van der Waals surface area contributed by atoms with E-state index in [0.29, 0.717) is 0 Å². The molecule has 0 unspecified atom stereocenters. The van der Waals surface area contributed by atoms with E-state index < -0.39 is 17.6 Å². The van der Waals surface area contributed by atoms with Gasteiger partial charge in [-0.25, -0.2) is 18.6 Å². The number of nitrogens with one attached hydrogen (secondary N) is 1. The van der Waals surface area contributed by atoms with E-state index in [4.69, 9.17) is 5.73 Å². The van der Waals surface area contributed by atoms with Crippen LogP contribution in [0.25, 0.3) is 0 Å². The fraction of sp³-hybridized carbons (Fsp3) is 0.0769. The van der Waals surface area contributed by atoms with Gasteiger partial charge in [0, 0.05) is 0 Å². The van der Waals surface area contributed by atoms with Crippen molar-refractivity contribution < 1.29 is 18.3 Å². The predicted octanol–water partition coefficient (Wildman–Crippen LogP) is 2.47. The van der Waals surface area contributed by atoms with Gasteiger partial charge in [-0.2, -0.15) is 0 Å². The lowest BCUT2D eigenvalue weighted by Gasteiger charge is -2.09. The highest BCUT2D eigenvalue weighted by molar-refractivity contribution is 5.95. The Kier molecular flexibility index (Phi) is 3.79. The summed E-state index contributed by atoms with van der Waals surface area (Å²) in [6.45, 7) is 0. The van der Waals surface area contributed by atoms with E-state index in [2.05, 4.69) is 15.0 Å². The second-order valence-electron chi connectivity index (χ2n) is 3.87. The SMILES string of the molecule is COC(=O)c1cc(Nc2cccc(F)c2F)ncc1N. The number of nitrogen functional groups attached to an aromatic ring is 1. The first-order chi connectivity index (χ1) is 9.52. The van der Waals surface area contributed by atoms with Crippen LogP contribution in [-0.2, 0) is 4.74 Å². The molecule has 0 amide bonds. The molecule has 0 aliphatic carbocycles. The van der Waals surface area contributed by atoms with Crippen LogP contribution in [0.1, 0.15) is 10.4 Å². The van der Waals surface area contributed by atoms with Crippen molar-refractivity contribution in [3.63, 3.8) is 0 Å². The lowest BCUT2D eigenvalue weighted by atomic mass is 10.2. The monoisotopic (exact) mass is 279 g/mol. The van der Waals surface area contributed by atoms with Gasteiger partial charge < -0.3 is 15.8 Å². The first kappa shape index (κ1) is 13.7. The Morgan fingerprint density at radius 2 is 2.15 bits per heavy atom. The summed E-state index contributed by atoms with van der Waals surface area (Å²) in [5.74, 6) is -2.53. The van der Waals surface area contributed by atoms with Crippen LogP contribution in [0.2, 0.25) is 0 Å². The molecule has 7 heteroatoms. The maximum atomic E-state index is 13.5. The van der Waals surface area contributed by atoms with Gasteiger partial charge in [-0.15, -0.1) is 0 Å². The minimum absolute atomic E-state index is 0.0850. The zero-order chi connectivity index (χ0) is 14.7. The van der Waals surface area contributed by atoms with Crippen molar-refractivity contribution in [1.29, 1.82) is 0 Å². The Balaban J connectivity index is 2.35. The minimum atomic E-state index is -1.04. The normalized spacial score (nSPS) is 10.2. The molecule has 0 atom stereocenters. The number of ether oxygens (including phenoxy) is 1. The average molecular weight is 279 g/mol. The molecule has 5 nitrogen and oxygen atoms in total. The summed E-state index contributed by atoms with van der Waals surface area (Å²) in [6.07, 6.45) is 1.23. The smallest absolute Gasteiger partial charge is 0.340 e. The number of carbonyl (C=O) groups is 1. The molecule has 0 aliphatic heterocycles. The molecule has 0 radical (unpaired) electrons. The van der Waals surface area contributed by atoms with Crippen LogP contribution in [-0.4, -0.2) is 18.1 Å². The molecular weight excluding hydrogens is 268 g/mol. The van der Waals surface area contributed by atoms with Gasteiger partial charge in [-0.05, 0) is 18.2 Å². The van der Waals surface area contributed by atoms with Crippen LogP contribution < -0.4 is 11.1 Å². The van der Waals surface area contributed by atoms with Gasteiger partial charge in [0.05, 0.1) is 30.2 Å². The number of rotatable bonds is 3. The van der Waals surface area contributed by atoms with Crippen LogP contribution in [0.5, 0.6) is 0 Å². The van der Waals surface area contributed by atoms with Gasteiger partial charge in [0.2, 0.25) is 0 Å². The van der Waals surface area contributed by atoms with E-state index >= 15 is 0 Å². The standard InChI is InChI=1S/C13H11F2N3O2/c1-20-13(19)7-5-11(17-6-9(7)16)18-10-4-2-3-8(14)12(10)15/h2-6H,16H2,1H3,(H,17,18). The first-order valence-corrected chi connectivity index (χ1v) is 5.57. The molecule has 20 heavy (non-hydrogen) atoms. The summed E-state index contributed by atoms with van der Waals surface area (Å²) in [4.78, 5) is 15.4. The number of esters is 1. The molecule has 2 aromatic rings. The Morgan fingerprint density at radius 1 is 1.40 bits per heavy atom. The molecule has 0 saturated heterocycles. The topological polar surface area (TPSA) is 77.2 Å². The zero-order valence-corrected chi connectivity index (χ0v) is 10.5. The van der Waals surface area contributed by atoms with Gasteiger partial charge in [0.15, 0.2) is 11.6 Å². The van der Waals surface area contributed by atoms with Gasteiger partial charge >= 0.3 is 5.97 Å². The third-order valence-corrected chi connectivity index (χ3v) is 2.55. The van der Waals surface area contributed by atoms with Crippen LogP contribution in [0.4, 0.5) is 26.0 Å². The Morgan fingerprint density at radius 3 is 2.85 bits per heavy atom. The molecule has 104 valence electrons. The predicted molar refractivity (Wildman–Crippen MR) is 69.6 cm³/mol. The fourth-order valence-corrected chi connectivity index (χ4v) is 1.56.